The number of rotatable bonds is 3. The van der Waals surface area contributed by atoms with Crippen LogP contribution in [-0.4, -0.2) is 4.98 Å². The molecule has 5 aromatic rings. The fourth-order valence-corrected chi connectivity index (χ4v) is 6.40. The first-order chi connectivity index (χ1) is 16.0. The molecule has 1 heterocycles. The average molecular weight is 432 g/mol. The van der Waals surface area contributed by atoms with Gasteiger partial charge < -0.3 is 0 Å². The van der Waals surface area contributed by atoms with Gasteiger partial charge in [-0.15, -0.1) is 0 Å². The molecule has 166 valence electrons. The van der Waals surface area contributed by atoms with E-state index in [0.717, 1.165) is 12.8 Å². The van der Waals surface area contributed by atoms with E-state index in [0.29, 0.717) is 11.8 Å². The van der Waals surface area contributed by atoms with Crippen molar-refractivity contribution in [1.82, 2.24) is 4.98 Å². The maximum atomic E-state index is 4.89. The molecule has 1 aliphatic carbocycles. The first kappa shape index (κ1) is 20.7. The number of nitrogens with zero attached hydrogens (tertiary/aromatic N) is 1. The van der Waals surface area contributed by atoms with Crippen LogP contribution >= 0.6 is 0 Å². The Balaban J connectivity index is 1.84. The van der Waals surface area contributed by atoms with Crippen molar-refractivity contribution >= 4 is 43.1 Å². The van der Waals surface area contributed by atoms with Gasteiger partial charge in [0, 0.05) is 17.5 Å². The summed E-state index contributed by atoms with van der Waals surface area (Å²) in [4.78, 5) is 4.89. The molecule has 0 aliphatic heterocycles. The maximum Gasteiger partial charge on any atom is 0.0515 e. The Labute approximate surface area is 196 Å². The summed E-state index contributed by atoms with van der Waals surface area (Å²) in [7, 11) is 0. The Kier molecular flexibility index (Phi) is 4.73. The van der Waals surface area contributed by atoms with Crippen molar-refractivity contribution in [1.29, 1.82) is 0 Å². The van der Waals surface area contributed by atoms with Crippen molar-refractivity contribution in [2.24, 2.45) is 0 Å². The number of fused-ring (bicyclic) bond motifs is 6. The van der Waals surface area contributed by atoms with Crippen LogP contribution in [0.4, 0.5) is 0 Å². The molecule has 0 bridgehead atoms. The van der Waals surface area contributed by atoms with E-state index in [-0.39, 0.29) is 0 Å². The van der Waals surface area contributed by atoms with Crippen LogP contribution in [0.3, 0.4) is 0 Å². The van der Waals surface area contributed by atoms with Gasteiger partial charge in [-0.3, -0.25) is 4.98 Å². The van der Waals surface area contributed by atoms with E-state index in [2.05, 4.69) is 83.3 Å². The van der Waals surface area contributed by atoms with Gasteiger partial charge in [0.25, 0.3) is 0 Å². The van der Waals surface area contributed by atoms with Gasteiger partial charge >= 0.3 is 0 Å². The van der Waals surface area contributed by atoms with Crippen LogP contribution in [0.25, 0.3) is 43.1 Å². The highest BCUT2D eigenvalue weighted by Crippen LogP contribution is 2.45. The fraction of sp³-hybridized carbons (Fsp3) is 0.344. The van der Waals surface area contributed by atoms with E-state index in [1.54, 1.807) is 0 Å². The zero-order valence-electron chi connectivity index (χ0n) is 20.5. The minimum atomic E-state index is 0.470. The number of pyridine rings is 1. The first-order valence-corrected chi connectivity index (χ1v) is 12.7. The monoisotopic (exact) mass is 431 g/mol. The molecule has 1 aliphatic rings. The molecule has 1 atom stereocenters. The number of hydrogen-bond donors (Lipinski definition) is 0. The molecule has 33 heavy (non-hydrogen) atoms. The summed E-state index contributed by atoms with van der Waals surface area (Å²) in [6.45, 7) is 11.5. The SMILES string of the molecule is CCc1ccc2c(c1)cc(C(C)C)c1c2cc(C)c2c3ccnc4c3c(cc21)CCC4CC. The lowest BCUT2D eigenvalue weighted by Gasteiger charge is -2.26. The molecule has 1 unspecified atom stereocenters. The van der Waals surface area contributed by atoms with Crippen LogP contribution in [0.1, 0.15) is 80.3 Å². The predicted octanol–water partition coefficient (Wildman–Crippen LogP) is 9.13. The minimum Gasteiger partial charge on any atom is -0.260 e. The Morgan fingerprint density at radius 2 is 1.73 bits per heavy atom. The highest BCUT2D eigenvalue weighted by Gasteiger charge is 2.25. The van der Waals surface area contributed by atoms with Crippen molar-refractivity contribution < 1.29 is 0 Å². The second-order valence-corrected chi connectivity index (χ2v) is 10.4. The lowest BCUT2D eigenvalue weighted by atomic mass is 9.79. The summed E-state index contributed by atoms with van der Waals surface area (Å²) in [5.41, 5.74) is 7.08. The van der Waals surface area contributed by atoms with Gasteiger partial charge in [0.05, 0.1) is 5.69 Å². The smallest absolute Gasteiger partial charge is 0.0515 e. The molecule has 0 N–H and O–H groups in total. The van der Waals surface area contributed by atoms with Gasteiger partial charge in [-0.25, -0.2) is 0 Å². The molecule has 4 aromatic carbocycles. The average Bonchev–Trinajstić information content (AvgIpc) is 2.83. The molecule has 1 aromatic heterocycles. The van der Waals surface area contributed by atoms with Crippen LogP contribution < -0.4 is 0 Å². The number of aromatic nitrogens is 1. The Morgan fingerprint density at radius 1 is 0.879 bits per heavy atom. The Bertz CT molecular complexity index is 1570. The molecule has 0 saturated heterocycles. The zero-order valence-corrected chi connectivity index (χ0v) is 20.5. The Hall–Kier alpha value is -2.93. The van der Waals surface area contributed by atoms with Gasteiger partial charge in [0.15, 0.2) is 0 Å². The molecule has 1 nitrogen and oxygen atoms in total. The summed E-state index contributed by atoms with van der Waals surface area (Å²) < 4.78 is 0. The molecular formula is C32H33N. The molecule has 0 spiro atoms. The number of aryl methyl sites for hydroxylation is 3. The van der Waals surface area contributed by atoms with Crippen LogP contribution in [0, 0.1) is 6.92 Å². The normalized spacial score (nSPS) is 16.0. The molecule has 0 amide bonds. The van der Waals surface area contributed by atoms with E-state index in [4.69, 9.17) is 4.98 Å². The topological polar surface area (TPSA) is 12.9 Å². The van der Waals surface area contributed by atoms with E-state index in [1.165, 1.54) is 83.9 Å². The van der Waals surface area contributed by atoms with E-state index in [1.807, 2.05) is 0 Å². The highest BCUT2D eigenvalue weighted by molar-refractivity contribution is 6.25. The second-order valence-electron chi connectivity index (χ2n) is 10.4. The highest BCUT2D eigenvalue weighted by atomic mass is 14.7. The third kappa shape index (κ3) is 2.94. The van der Waals surface area contributed by atoms with Crippen molar-refractivity contribution in [2.45, 2.75) is 72.1 Å². The lowest BCUT2D eigenvalue weighted by Crippen LogP contribution is -2.10. The van der Waals surface area contributed by atoms with Gasteiger partial charge in [-0.2, -0.15) is 0 Å². The summed E-state index contributed by atoms with van der Waals surface area (Å²) in [6, 6.07) is 16.8. The van der Waals surface area contributed by atoms with Crippen LogP contribution in [-0.2, 0) is 12.8 Å². The van der Waals surface area contributed by atoms with Gasteiger partial charge in [-0.05, 0) is 111 Å². The van der Waals surface area contributed by atoms with Crippen molar-refractivity contribution in [3.8, 4) is 0 Å². The largest absolute Gasteiger partial charge is 0.260 e. The van der Waals surface area contributed by atoms with E-state index < -0.39 is 0 Å². The van der Waals surface area contributed by atoms with Crippen molar-refractivity contribution in [3.05, 3.63) is 76.6 Å². The fourth-order valence-electron chi connectivity index (χ4n) is 6.40. The third-order valence-corrected chi connectivity index (χ3v) is 8.13. The lowest BCUT2D eigenvalue weighted by molar-refractivity contribution is 0.584. The van der Waals surface area contributed by atoms with Crippen LogP contribution in [0.5, 0.6) is 0 Å². The zero-order chi connectivity index (χ0) is 22.9. The molecule has 0 radical (unpaired) electrons. The predicted molar refractivity (Wildman–Crippen MR) is 144 cm³/mol. The van der Waals surface area contributed by atoms with Gasteiger partial charge in [-0.1, -0.05) is 58.0 Å². The third-order valence-electron chi connectivity index (χ3n) is 8.13. The molecule has 0 saturated carbocycles. The van der Waals surface area contributed by atoms with Gasteiger partial charge in [0.1, 0.15) is 0 Å². The summed E-state index contributed by atoms with van der Waals surface area (Å²) >= 11 is 0. The minimum absolute atomic E-state index is 0.470. The molecule has 6 rings (SSSR count). The maximum absolute atomic E-state index is 4.89. The molecule has 1 heteroatoms. The van der Waals surface area contributed by atoms with Crippen LogP contribution in [0.15, 0.2) is 48.7 Å². The summed E-state index contributed by atoms with van der Waals surface area (Å²) in [5, 5.41) is 11.3. The van der Waals surface area contributed by atoms with Gasteiger partial charge in [0.2, 0.25) is 0 Å². The summed E-state index contributed by atoms with van der Waals surface area (Å²) in [6.07, 6.45) is 6.67. The Morgan fingerprint density at radius 3 is 2.48 bits per heavy atom. The number of hydrogen-bond acceptors (Lipinski definition) is 1. The molecule has 0 fully saturated rings. The molecular weight excluding hydrogens is 398 g/mol. The standard InChI is InChI=1S/C32H33N/c1-6-20-8-11-24-23(15-20)17-26(18(3)4)31-27(24)14-19(5)29-25-12-13-33-32-21(7-2)9-10-22(30(25)32)16-28(29)31/h8,11-18,21H,6-7,9-10H2,1-5H3. The second kappa shape index (κ2) is 7.55. The quantitative estimate of drug-likeness (QED) is 0.259. The first-order valence-electron chi connectivity index (χ1n) is 12.7. The summed E-state index contributed by atoms with van der Waals surface area (Å²) in [5.74, 6) is 1.06. The van der Waals surface area contributed by atoms with E-state index in [9.17, 15) is 0 Å². The van der Waals surface area contributed by atoms with E-state index >= 15 is 0 Å². The number of benzene rings is 4. The van der Waals surface area contributed by atoms with Crippen LogP contribution in [0.2, 0.25) is 0 Å². The van der Waals surface area contributed by atoms with Crippen molar-refractivity contribution in [2.75, 3.05) is 0 Å². The van der Waals surface area contributed by atoms with Crippen molar-refractivity contribution in [3.63, 3.8) is 0 Å².